The molecule has 0 radical (unpaired) electrons. The van der Waals surface area contributed by atoms with E-state index in [-0.39, 0.29) is 17.7 Å². The molecule has 168 valence electrons. The second kappa shape index (κ2) is 10.1. The summed E-state index contributed by atoms with van der Waals surface area (Å²) in [5, 5.41) is 3.15. The molecule has 2 aliphatic rings. The number of nitrogens with zero attached hydrogens (tertiary/aromatic N) is 2. The van der Waals surface area contributed by atoms with Crippen LogP contribution in [0.1, 0.15) is 39.0 Å². The number of methoxy groups -OCH3 is 1. The molecule has 30 heavy (non-hydrogen) atoms. The number of nitrogens with one attached hydrogen (secondary N) is 1. The number of anilines is 1. The van der Waals surface area contributed by atoms with Gasteiger partial charge in [0.05, 0.1) is 17.8 Å². The maximum Gasteiger partial charge on any atom is 0.227 e. The van der Waals surface area contributed by atoms with Crippen molar-refractivity contribution in [3.05, 3.63) is 30.3 Å². The van der Waals surface area contributed by atoms with Crippen molar-refractivity contribution in [2.75, 3.05) is 50.5 Å². The zero-order chi connectivity index (χ0) is 21.6. The molecule has 1 N–H and O–H groups in total. The molecule has 1 heterocycles. The van der Waals surface area contributed by atoms with Gasteiger partial charge in [0, 0.05) is 45.0 Å². The van der Waals surface area contributed by atoms with E-state index < -0.39 is 15.4 Å². The van der Waals surface area contributed by atoms with Gasteiger partial charge < -0.3 is 15.0 Å². The van der Waals surface area contributed by atoms with Crippen molar-refractivity contribution in [3.8, 4) is 0 Å². The van der Waals surface area contributed by atoms with E-state index in [2.05, 4.69) is 29.3 Å². The second-order valence-corrected chi connectivity index (χ2v) is 10.3. The average Bonchev–Trinajstić information content (AvgIpc) is 2.76. The summed E-state index contributed by atoms with van der Waals surface area (Å²) in [4.78, 5) is 15.6. The van der Waals surface area contributed by atoms with E-state index in [0.717, 1.165) is 44.5 Å². The zero-order valence-electron chi connectivity index (χ0n) is 18.2. The van der Waals surface area contributed by atoms with Crippen molar-refractivity contribution >= 4 is 21.6 Å². The lowest BCUT2D eigenvalue weighted by Gasteiger charge is -2.50. The molecule has 1 saturated heterocycles. The maximum atomic E-state index is 13.4. The third-order valence-electron chi connectivity index (χ3n) is 6.64. The monoisotopic (exact) mass is 437 g/mol. The Morgan fingerprint density at radius 2 is 2.03 bits per heavy atom. The molecule has 1 aromatic rings. The van der Waals surface area contributed by atoms with Gasteiger partial charge in [-0.1, -0.05) is 31.0 Å². The van der Waals surface area contributed by atoms with Crippen molar-refractivity contribution in [3.63, 3.8) is 0 Å². The molecular weight excluding hydrogens is 402 g/mol. The number of amides is 1. The predicted molar refractivity (Wildman–Crippen MR) is 119 cm³/mol. The minimum atomic E-state index is -3.35. The molecular formula is C22H35N3O4S. The summed E-state index contributed by atoms with van der Waals surface area (Å²) < 4.78 is 32.2. The third kappa shape index (κ3) is 4.81. The van der Waals surface area contributed by atoms with E-state index in [1.807, 2.05) is 18.2 Å². The van der Waals surface area contributed by atoms with Gasteiger partial charge in [-0.3, -0.25) is 4.79 Å². The van der Waals surface area contributed by atoms with E-state index in [9.17, 15) is 13.2 Å². The van der Waals surface area contributed by atoms with E-state index in [1.165, 1.54) is 0 Å². The van der Waals surface area contributed by atoms with Crippen LogP contribution in [0.3, 0.4) is 0 Å². The number of sulfonamides is 1. The van der Waals surface area contributed by atoms with Gasteiger partial charge in [0.2, 0.25) is 15.9 Å². The highest BCUT2D eigenvalue weighted by Gasteiger charge is 2.55. The van der Waals surface area contributed by atoms with Crippen LogP contribution in [-0.4, -0.2) is 70.3 Å². The summed E-state index contributed by atoms with van der Waals surface area (Å²) in [6.07, 6.45) is 3.81. The summed E-state index contributed by atoms with van der Waals surface area (Å²) in [6, 6.07) is 9.89. The predicted octanol–water partition coefficient (Wildman–Crippen LogP) is 2.24. The average molecular weight is 438 g/mol. The molecule has 0 bridgehead atoms. The number of para-hydroxylation sites is 1. The van der Waals surface area contributed by atoms with Crippen LogP contribution in [0.25, 0.3) is 0 Å². The Kier molecular flexibility index (Phi) is 7.76. The number of carbonyl (C=O) groups excluding carboxylic acids is 1. The van der Waals surface area contributed by atoms with E-state index in [0.29, 0.717) is 26.1 Å². The Balaban J connectivity index is 1.69. The zero-order valence-corrected chi connectivity index (χ0v) is 19.0. The van der Waals surface area contributed by atoms with Gasteiger partial charge in [0.15, 0.2) is 0 Å². The Labute approximate surface area is 180 Å². The first-order valence-corrected chi connectivity index (χ1v) is 12.6. The van der Waals surface area contributed by atoms with Gasteiger partial charge in [0.25, 0.3) is 0 Å². The van der Waals surface area contributed by atoms with Crippen LogP contribution in [0.5, 0.6) is 0 Å². The SMILES string of the molecule is CCN(CCNC(=O)[C@@]12CCCC[C@H]1N(CCOC)S(=O)(=O)CC2)c1ccccc1. The fourth-order valence-corrected chi connectivity index (χ4v) is 6.90. The number of rotatable bonds is 9. The molecule has 0 aromatic heterocycles. The number of hydrogen-bond donors (Lipinski definition) is 1. The Morgan fingerprint density at radius 3 is 2.73 bits per heavy atom. The Bertz CT molecular complexity index is 802. The lowest BCUT2D eigenvalue weighted by atomic mass is 9.67. The molecule has 1 aromatic carbocycles. The van der Waals surface area contributed by atoms with Crippen LogP contribution >= 0.6 is 0 Å². The smallest absolute Gasteiger partial charge is 0.227 e. The van der Waals surface area contributed by atoms with Crippen molar-refractivity contribution in [2.24, 2.45) is 5.41 Å². The Morgan fingerprint density at radius 1 is 1.27 bits per heavy atom. The molecule has 8 heteroatoms. The van der Waals surface area contributed by atoms with E-state index in [4.69, 9.17) is 4.74 Å². The van der Waals surface area contributed by atoms with Gasteiger partial charge in [-0.25, -0.2) is 8.42 Å². The first kappa shape index (κ1) is 23.0. The molecule has 1 saturated carbocycles. The van der Waals surface area contributed by atoms with Gasteiger partial charge in [0.1, 0.15) is 0 Å². The fourth-order valence-electron chi connectivity index (χ4n) is 5.00. The van der Waals surface area contributed by atoms with Crippen LogP contribution in [0.2, 0.25) is 0 Å². The lowest BCUT2D eigenvalue weighted by molar-refractivity contribution is -0.137. The minimum absolute atomic E-state index is 0.00799. The van der Waals surface area contributed by atoms with Crippen molar-refractivity contribution in [2.45, 2.75) is 45.1 Å². The normalized spacial score (nSPS) is 26.0. The fraction of sp³-hybridized carbons (Fsp3) is 0.682. The molecule has 2 atom stereocenters. The van der Waals surface area contributed by atoms with Crippen LogP contribution in [-0.2, 0) is 19.6 Å². The largest absolute Gasteiger partial charge is 0.383 e. The standard InChI is InChI=1S/C22H35N3O4S/c1-3-24(19-9-5-4-6-10-19)15-14-23-21(26)22-12-8-7-11-20(22)25(16-17-29-2)30(27,28)18-13-22/h4-6,9-10,20H,3,7-8,11-18H2,1-2H3,(H,23,26)/t20-,22-/m1/s1. The Hall–Kier alpha value is -1.64. The first-order valence-electron chi connectivity index (χ1n) is 11.0. The van der Waals surface area contributed by atoms with Gasteiger partial charge in [-0.15, -0.1) is 0 Å². The van der Waals surface area contributed by atoms with Crippen LogP contribution in [0.15, 0.2) is 30.3 Å². The summed E-state index contributed by atoms with van der Waals surface area (Å²) in [5.41, 5.74) is 0.513. The molecule has 1 aliphatic carbocycles. The molecule has 1 amide bonds. The highest BCUT2D eigenvalue weighted by Crippen LogP contribution is 2.46. The number of likely N-dealkylation sites (N-methyl/N-ethyl adjacent to an activating group) is 1. The summed E-state index contributed by atoms with van der Waals surface area (Å²) >= 11 is 0. The van der Waals surface area contributed by atoms with E-state index >= 15 is 0 Å². The van der Waals surface area contributed by atoms with E-state index in [1.54, 1.807) is 11.4 Å². The molecule has 3 rings (SSSR count). The second-order valence-electron chi connectivity index (χ2n) is 8.26. The lowest BCUT2D eigenvalue weighted by Crippen LogP contribution is -2.63. The molecule has 2 fully saturated rings. The molecule has 7 nitrogen and oxygen atoms in total. The van der Waals surface area contributed by atoms with Crippen molar-refractivity contribution in [1.29, 1.82) is 0 Å². The summed E-state index contributed by atoms with van der Waals surface area (Å²) in [7, 11) is -1.77. The first-order chi connectivity index (χ1) is 14.4. The number of carbonyl (C=O) groups is 1. The highest BCUT2D eigenvalue weighted by atomic mass is 32.2. The topological polar surface area (TPSA) is 79.0 Å². The quantitative estimate of drug-likeness (QED) is 0.641. The summed E-state index contributed by atoms with van der Waals surface area (Å²) in [5.74, 6) is 0.0415. The van der Waals surface area contributed by atoms with Crippen molar-refractivity contribution < 1.29 is 17.9 Å². The number of fused-ring (bicyclic) bond motifs is 1. The van der Waals surface area contributed by atoms with Crippen LogP contribution in [0, 0.1) is 5.41 Å². The minimum Gasteiger partial charge on any atom is -0.383 e. The van der Waals surface area contributed by atoms with Crippen LogP contribution in [0.4, 0.5) is 5.69 Å². The third-order valence-corrected chi connectivity index (χ3v) is 8.51. The molecule has 1 aliphatic heterocycles. The molecule has 0 unspecified atom stereocenters. The van der Waals surface area contributed by atoms with Crippen LogP contribution < -0.4 is 10.2 Å². The van der Waals surface area contributed by atoms with Gasteiger partial charge in [-0.2, -0.15) is 4.31 Å². The number of hydrogen-bond acceptors (Lipinski definition) is 5. The highest BCUT2D eigenvalue weighted by molar-refractivity contribution is 7.89. The number of ether oxygens (including phenoxy) is 1. The molecule has 0 spiro atoms. The summed E-state index contributed by atoms with van der Waals surface area (Å²) in [6.45, 7) is 4.88. The van der Waals surface area contributed by atoms with Crippen molar-refractivity contribution in [1.82, 2.24) is 9.62 Å². The number of benzene rings is 1. The maximum absolute atomic E-state index is 13.4. The van der Waals surface area contributed by atoms with Gasteiger partial charge >= 0.3 is 0 Å². The van der Waals surface area contributed by atoms with Gasteiger partial charge in [-0.05, 0) is 38.3 Å².